The molecule has 0 saturated carbocycles. The van der Waals surface area contributed by atoms with Gasteiger partial charge in [-0.3, -0.25) is 9.69 Å². The molecule has 6 nitrogen and oxygen atoms in total. The molecule has 1 aliphatic heterocycles. The van der Waals surface area contributed by atoms with Crippen LogP contribution >= 0.6 is 0 Å². The summed E-state index contributed by atoms with van der Waals surface area (Å²) in [6.45, 7) is 9.48. The Morgan fingerprint density at radius 2 is 2.10 bits per heavy atom. The first-order valence-electron chi connectivity index (χ1n) is 7.49. The predicted molar refractivity (Wildman–Crippen MR) is 78.5 cm³/mol. The summed E-state index contributed by atoms with van der Waals surface area (Å²) in [7, 11) is 0. The van der Waals surface area contributed by atoms with Crippen LogP contribution in [0.5, 0.6) is 0 Å². The van der Waals surface area contributed by atoms with Gasteiger partial charge in [0.15, 0.2) is 0 Å². The average Bonchev–Trinajstić information content (AvgIpc) is 2.44. The van der Waals surface area contributed by atoms with Gasteiger partial charge in [0.1, 0.15) is 6.61 Å². The van der Waals surface area contributed by atoms with E-state index in [1.165, 1.54) is 0 Å². The Labute approximate surface area is 122 Å². The largest absolute Gasteiger partial charge is 0.379 e. The van der Waals surface area contributed by atoms with Crippen LogP contribution in [0.15, 0.2) is 0 Å². The van der Waals surface area contributed by atoms with Crippen LogP contribution in [-0.4, -0.2) is 69.5 Å². The van der Waals surface area contributed by atoms with Crippen molar-refractivity contribution in [2.24, 2.45) is 11.7 Å². The number of hydrogen-bond donors (Lipinski definition) is 2. The van der Waals surface area contributed by atoms with Crippen LogP contribution in [0.1, 0.15) is 20.3 Å². The van der Waals surface area contributed by atoms with Gasteiger partial charge in [-0.2, -0.15) is 0 Å². The lowest BCUT2D eigenvalue weighted by molar-refractivity contribution is -0.126. The van der Waals surface area contributed by atoms with Gasteiger partial charge >= 0.3 is 0 Å². The SMILES string of the molecule is CC(C)CC(CNC(=O)COCCN)N1CCOCC1. The van der Waals surface area contributed by atoms with Crippen molar-refractivity contribution < 1.29 is 14.3 Å². The van der Waals surface area contributed by atoms with Crippen molar-refractivity contribution in [2.45, 2.75) is 26.3 Å². The summed E-state index contributed by atoms with van der Waals surface area (Å²) < 4.78 is 10.5. The molecule has 20 heavy (non-hydrogen) atoms. The summed E-state index contributed by atoms with van der Waals surface area (Å²) in [4.78, 5) is 14.1. The summed E-state index contributed by atoms with van der Waals surface area (Å²) in [5.41, 5.74) is 5.31. The standard InChI is InChI=1S/C14H29N3O3/c1-12(2)9-13(17-4-7-19-8-5-17)10-16-14(18)11-20-6-3-15/h12-13H,3-11,15H2,1-2H3,(H,16,18). The molecule has 0 bridgehead atoms. The topological polar surface area (TPSA) is 76.8 Å². The molecule has 1 rings (SSSR count). The van der Waals surface area contributed by atoms with E-state index in [-0.39, 0.29) is 12.5 Å². The number of nitrogens with zero attached hydrogens (tertiary/aromatic N) is 1. The Morgan fingerprint density at radius 3 is 2.70 bits per heavy atom. The van der Waals surface area contributed by atoms with E-state index in [9.17, 15) is 4.79 Å². The van der Waals surface area contributed by atoms with Gasteiger partial charge in [0.05, 0.1) is 19.8 Å². The molecule has 0 aliphatic carbocycles. The average molecular weight is 287 g/mol. The fourth-order valence-electron chi connectivity index (χ4n) is 2.38. The zero-order valence-corrected chi connectivity index (χ0v) is 12.8. The number of hydrogen-bond acceptors (Lipinski definition) is 5. The Hall–Kier alpha value is -0.690. The van der Waals surface area contributed by atoms with E-state index in [0.29, 0.717) is 31.7 Å². The summed E-state index contributed by atoms with van der Waals surface area (Å²) in [5.74, 6) is 0.536. The van der Waals surface area contributed by atoms with Gasteiger partial charge in [0, 0.05) is 32.2 Å². The molecular weight excluding hydrogens is 258 g/mol. The second-order valence-corrected chi connectivity index (χ2v) is 5.58. The summed E-state index contributed by atoms with van der Waals surface area (Å²) in [6.07, 6.45) is 1.07. The summed E-state index contributed by atoms with van der Waals surface area (Å²) in [6, 6.07) is 0.373. The first kappa shape index (κ1) is 17.4. The third-order valence-electron chi connectivity index (χ3n) is 3.34. The van der Waals surface area contributed by atoms with Gasteiger partial charge in [0.2, 0.25) is 5.91 Å². The van der Waals surface area contributed by atoms with Crippen molar-refractivity contribution in [1.29, 1.82) is 0 Å². The molecule has 6 heteroatoms. The minimum absolute atomic E-state index is 0.0690. The number of morpholine rings is 1. The molecule has 3 N–H and O–H groups in total. The predicted octanol–water partition coefficient (Wildman–Crippen LogP) is -0.175. The van der Waals surface area contributed by atoms with Gasteiger partial charge in [0.25, 0.3) is 0 Å². The maximum absolute atomic E-state index is 11.7. The van der Waals surface area contributed by atoms with Crippen molar-refractivity contribution in [1.82, 2.24) is 10.2 Å². The molecule has 0 aromatic rings. The molecule has 1 atom stereocenters. The van der Waals surface area contributed by atoms with Gasteiger partial charge in [-0.1, -0.05) is 13.8 Å². The number of carbonyl (C=O) groups is 1. The lowest BCUT2D eigenvalue weighted by atomic mass is 10.0. The third kappa shape index (κ3) is 7.19. The highest BCUT2D eigenvalue weighted by Gasteiger charge is 2.22. The first-order valence-corrected chi connectivity index (χ1v) is 7.49. The Kier molecular flexibility index (Phi) is 8.77. The molecule has 0 aromatic heterocycles. The van der Waals surface area contributed by atoms with Crippen molar-refractivity contribution in [3.63, 3.8) is 0 Å². The zero-order chi connectivity index (χ0) is 14.8. The van der Waals surface area contributed by atoms with Gasteiger partial charge in [-0.25, -0.2) is 0 Å². The zero-order valence-electron chi connectivity index (χ0n) is 12.8. The highest BCUT2D eigenvalue weighted by Crippen LogP contribution is 2.12. The molecule has 1 amide bonds. The minimum atomic E-state index is -0.0690. The Bertz CT molecular complexity index is 268. The monoisotopic (exact) mass is 287 g/mol. The normalized spacial score (nSPS) is 18.2. The molecule has 1 fully saturated rings. The molecule has 118 valence electrons. The molecule has 1 saturated heterocycles. The van der Waals surface area contributed by atoms with E-state index in [0.717, 1.165) is 32.7 Å². The lowest BCUT2D eigenvalue weighted by Gasteiger charge is -2.35. The van der Waals surface area contributed by atoms with E-state index in [2.05, 4.69) is 24.1 Å². The fraction of sp³-hybridized carbons (Fsp3) is 0.929. The highest BCUT2D eigenvalue weighted by atomic mass is 16.5. The molecule has 1 unspecified atom stereocenters. The second kappa shape index (κ2) is 10.1. The van der Waals surface area contributed by atoms with Crippen LogP contribution in [0.4, 0.5) is 0 Å². The second-order valence-electron chi connectivity index (χ2n) is 5.58. The number of ether oxygens (including phenoxy) is 2. The fourth-order valence-corrected chi connectivity index (χ4v) is 2.38. The quantitative estimate of drug-likeness (QED) is 0.576. The molecule has 0 radical (unpaired) electrons. The number of amides is 1. The van der Waals surface area contributed by atoms with Crippen molar-refractivity contribution >= 4 is 5.91 Å². The van der Waals surface area contributed by atoms with Crippen molar-refractivity contribution in [3.05, 3.63) is 0 Å². The molecule has 1 heterocycles. The van der Waals surface area contributed by atoms with Crippen molar-refractivity contribution in [3.8, 4) is 0 Å². The Morgan fingerprint density at radius 1 is 1.40 bits per heavy atom. The van der Waals surface area contributed by atoms with E-state index in [1.807, 2.05) is 0 Å². The minimum Gasteiger partial charge on any atom is -0.379 e. The van der Waals surface area contributed by atoms with Crippen molar-refractivity contribution in [2.75, 3.05) is 52.6 Å². The highest BCUT2D eigenvalue weighted by molar-refractivity contribution is 5.77. The molecule has 1 aliphatic rings. The molecule has 0 aromatic carbocycles. The maximum Gasteiger partial charge on any atom is 0.246 e. The molecular formula is C14H29N3O3. The van der Waals surface area contributed by atoms with Crippen LogP contribution in [-0.2, 0) is 14.3 Å². The Balaban J connectivity index is 2.33. The van der Waals surface area contributed by atoms with E-state index in [4.69, 9.17) is 15.2 Å². The smallest absolute Gasteiger partial charge is 0.246 e. The lowest BCUT2D eigenvalue weighted by Crippen LogP contribution is -2.49. The number of nitrogens with one attached hydrogen (secondary N) is 1. The van der Waals surface area contributed by atoms with Crippen LogP contribution in [0, 0.1) is 5.92 Å². The van der Waals surface area contributed by atoms with Gasteiger partial charge in [-0.05, 0) is 12.3 Å². The first-order chi connectivity index (χ1) is 9.63. The molecule has 0 spiro atoms. The van der Waals surface area contributed by atoms with Gasteiger partial charge in [-0.15, -0.1) is 0 Å². The van der Waals surface area contributed by atoms with Crippen LogP contribution in [0.3, 0.4) is 0 Å². The summed E-state index contributed by atoms with van der Waals surface area (Å²) in [5, 5.41) is 2.96. The van der Waals surface area contributed by atoms with Crippen LogP contribution in [0.2, 0.25) is 0 Å². The third-order valence-corrected chi connectivity index (χ3v) is 3.34. The number of carbonyl (C=O) groups excluding carboxylic acids is 1. The van der Waals surface area contributed by atoms with E-state index >= 15 is 0 Å². The van der Waals surface area contributed by atoms with Crippen LogP contribution < -0.4 is 11.1 Å². The van der Waals surface area contributed by atoms with E-state index in [1.54, 1.807) is 0 Å². The number of rotatable bonds is 9. The number of nitrogens with two attached hydrogens (primary N) is 1. The van der Waals surface area contributed by atoms with Crippen LogP contribution in [0.25, 0.3) is 0 Å². The van der Waals surface area contributed by atoms with E-state index < -0.39 is 0 Å². The van der Waals surface area contributed by atoms with Gasteiger partial charge < -0.3 is 20.5 Å². The maximum atomic E-state index is 11.7. The summed E-state index contributed by atoms with van der Waals surface area (Å²) >= 11 is 0.